The monoisotopic (exact) mass is 378 g/mol. The van der Waals surface area contributed by atoms with E-state index in [4.69, 9.17) is 9.84 Å². The van der Waals surface area contributed by atoms with Crippen molar-refractivity contribution in [3.05, 3.63) is 65.5 Å². The minimum atomic E-state index is -4.45. The van der Waals surface area contributed by atoms with E-state index in [9.17, 15) is 13.2 Å². The lowest BCUT2D eigenvalue weighted by atomic mass is 9.99. The summed E-state index contributed by atoms with van der Waals surface area (Å²) < 4.78 is 46.8. The van der Waals surface area contributed by atoms with E-state index in [1.54, 1.807) is 19.2 Å². The molecule has 27 heavy (non-hydrogen) atoms. The van der Waals surface area contributed by atoms with Gasteiger partial charge in [-0.3, -0.25) is 4.57 Å². The highest BCUT2D eigenvalue weighted by Crippen LogP contribution is 2.34. The van der Waals surface area contributed by atoms with Crippen LogP contribution in [0, 0.1) is 0 Å². The van der Waals surface area contributed by atoms with Gasteiger partial charge in [0.05, 0.1) is 30.3 Å². The van der Waals surface area contributed by atoms with Gasteiger partial charge in [-0.1, -0.05) is 19.1 Å². The van der Waals surface area contributed by atoms with Crippen LogP contribution in [0.2, 0.25) is 0 Å². The lowest BCUT2D eigenvalue weighted by molar-refractivity contribution is -0.138. The molecule has 3 rings (SSSR count). The van der Waals surface area contributed by atoms with E-state index in [2.05, 4.69) is 15.0 Å². The first kappa shape index (κ1) is 18.8. The highest BCUT2D eigenvalue weighted by atomic mass is 19.4. The molecule has 0 bridgehead atoms. The second kappa shape index (κ2) is 7.75. The Labute approximate surface area is 153 Å². The molecule has 0 radical (unpaired) electrons. The first-order valence-corrected chi connectivity index (χ1v) is 8.19. The molecule has 142 valence electrons. The zero-order chi connectivity index (χ0) is 19.4. The first-order chi connectivity index (χ1) is 12.9. The van der Waals surface area contributed by atoms with Crippen LogP contribution in [0.3, 0.4) is 0 Å². The quantitative estimate of drug-likeness (QED) is 0.712. The Morgan fingerprint density at radius 2 is 1.89 bits per heavy atom. The predicted octanol–water partition coefficient (Wildman–Crippen LogP) is 3.31. The number of aliphatic hydroxyl groups is 1. The van der Waals surface area contributed by atoms with Crippen LogP contribution < -0.4 is 4.74 Å². The van der Waals surface area contributed by atoms with Crippen LogP contribution in [0.5, 0.6) is 5.75 Å². The Hall–Kier alpha value is -2.94. The molecular weight excluding hydrogens is 361 g/mol. The summed E-state index contributed by atoms with van der Waals surface area (Å²) in [6.07, 6.45) is 1.80. The Morgan fingerprint density at radius 1 is 1.15 bits per heavy atom. The molecule has 0 aliphatic rings. The largest absolute Gasteiger partial charge is 0.486 e. The van der Waals surface area contributed by atoms with Gasteiger partial charge in [0, 0.05) is 11.8 Å². The Bertz CT molecular complexity index is 908. The molecule has 0 saturated heterocycles. The number of rotatable bonds is 6. The number of imidazole rings is 1. The third kappa shape index (κ3) is 4.25. The molecule has 0 fully saturated rings. The van der Waals surface area contributed by atoms with Crippen molar-refractivity contribution in [1.82, 2.24) is 19.5 Å². The fraction of sp³-hybridized carbons (Fsp3) is 0.278. The molecular formula is C18H17F3N4O2. The highest BCUT2D eigenvalue weighted by Gasteiger charge is 2.34. The molecule has 6 nitrogen and oxygen atoms in total. The summed E-state index contributed by atoms with van der Waals surface area (Å²) in [6, 6.07) is 4.11. The summed E-state index contributed by atoms with van der Waals surface area (Å²) in [6.45, 7) is 1.36. The molecule has 0 saturated carbocycles. The average molecular weight is 378 g/mol. The molecule has 9 heteroatoms. The van der Waals surface area contributed by atoms with Gasteiger partial charge in [-0.15, -0.1) is 0 Å². The normalized spacial score (nSPS) is 11.6. The van der Waals surface area contributed by atoms with Crippen molar-refractivity contribution in [3.8, 4) is 11.7 Å². The smallest absolute Gasteiger partial charge is 0.416 e. The molecule has 0 aliphatic carbocycles. The number of aliphatic hydroxyl groups excluding tert-OH is 1. The van der Waals surface area contributed by atoms with Gasteiger partial charge in [0.25, 0.3) is 0 Å². The van der Waals surface area contributed by atoms with Crippen molar-refractivity contribution in [2.45, 2.75) is 32.7 Å². The topological polar surface area (TPSA) is 73.1 Å². The molecule has 0 atom stereocenters. The summed E-state index contributed by atoms with van der Waals surface area (Å²) in [7, 11) is 0. The van der Waals surface area contributed by atoms with E-state index in [0.717, 1.165) is 6.07 Å². The van der Waals surface area contributed by atoms with Crippen LogP contribution in [-0.2, 0) is 25.8 Å². The van der Waals surface area contributed by atoms with Crippen molar-refractivity contribution in [1.29, 1.82) is 0 Å². The number of benzene rings is 1. The number of alkyl halides is 3. The molecule has 3 aromatic rings. The average Bonchev–Trinajstić information content (AvgIpc) is 3.15. The fourth-order valence-corrected chi connectivity index (χ4v) is 2.63. The zero-order valence-corrected chi connectivity index (χ0v) is 14.4. The zero-order valence-electron chi connectivity index (χ0n) is 14.4. The minimum absolute atomic E-state index is 0.110. The van der Waals surface area contributed by atoms with Crippen LogP contribution in [0.15, 0.2) is 43.1 Å². The second-order valence-electron chi connectivity index (χ2n) is 5.73. The molecule has 0 aliphatic heterocycles. The summed E-state index contributed by atoms with van der Waals surface area (Å²) in [5.74, 6) is 0.555. The van der Waals surface area contributed by atoms with Crippen molar-refractivity contribution in [2.75, 3.05) is 0 Å². The van der Waals surface area contributed by atoms with E-state index >= 15 is 0 Å². The molecule has 2 heterocycles. The van der Waals surface area contributed by atoms with Crippen molar-refractivity contribution < 1.29 is 23.0 Å². The van der Waals surface area contributed by atoms with Gasteiger partial charge in [-0.25, -0.2) is 15.0 Å². The minimum Gasteiger partial charge on any atom is -0.486 e. The van der Waals surface area contributed by atoms with Crippen molar-refractivity contribution >= 4 is 0 Å². The second-order valence-corrected chi connectivity index (χ2v) is 5.73. The van der Waals surface area contributed by atoms with Crippen LogP contribution in [0.25, 0.3) is 5.95 Å². The van der Waals surface area contributed by atoms with E-state index in [1.165, 1.54) is 29.4 Å². The number of halogens is 3. The SMILES string of the molecule is CCc1cccc(C(F)(F)F)c1COc1cnc(-n2cnc(CO)c2)nc1. The number of hydrogen-bond acceptors (Lipinski definition) is 5. The number of hydrogen-bond donors (Lipinski definition) is 1. The van der Waals surface area contributed by atoms with Gasteiger partial charge in [0.1, 0.15) is 12.9 Å². The van der Waals surface area contributed by atoms with Gasteiger partial charge < -0.3 is 9.84 Å². The Kier molecular flexibility index (Phi) is 5.41. The standard InChI is InChI=1S/C18H17F3N4O2/c1-2-12-4-3-5-16(18(19,20)21)15(12)10-27-14-6-22-17(23-7-14)25-8-13(9-26)24-11-25/h3-8,11,26H,2,9-10H2,1H3. The maximum absolute atomic E-state index is 13.3. The van der Waals surface area contributed by atoms with Crippen LogP contribution >= 0.6 is 0 Å². The van der Waals surface area contributed by atoms with E-state index < -0.39 is 11.7 Å². The van der Waals surface area contributed by atoms with Crippen molar-refractivity contribution in [3.63, 3.8) is 0 Å². The van der Waals surface area contributed by atoms with Crippen LogP contribution in [-0.4, -0.2) is 24.6 Å². The fourth-order valence-electron chi connectivity index (χ4n) is 2.63. The molecule has 1 N–H and O–H groups in total. The number of aryl methyl sites for hydroxylation is 1. The lowest BCUT2D eigenvalue weighted by Crippen LogP contribution is -2.13. The summed E-state index contributed by atoms with van der Waals surface area (Å²) in [5.41, 5.74) is 0.459. The summed E-state index contributed by atoms with van der Waals surface area (Å²) in [5, 5.41) is 9.03. The van der Waals surface area contributed by atoms with E-state index in [-0.39, 0.29) is 24.5 Å². The first-order valence-electron chi connectivity index (χ1n) is 8.19. The van der Waals surface area contributed by atoms with Gasteiger partial charge in [-0.05, 0) is 18.1 Å². The van der Waals surface area contributed by atoms with Gasteiger partial charge in [0.15, 0.2) is 5.75 Å². The molecule has 0 amide bonds. The molecule has 0 spiro atoms. The van der Waals surface area contributed by atoms with Gasteiger partial charge >= 0.3 is 6.18 Å². The summed E-state index contributed by atoms with van der Waals surface area (Å²) in [4.78, 5) is 12.2. The lowest BCUT2D eigenvalue weighted by Gasteiger charge is -2.16. The molecule has 2 aromatic heterocycles. The van der Waals surface area contributed by atoms with Gasteiger partial charge in [0.2, 0.25) is 5.95 Å². The number of ether oxygens (including phenoxy) is 1. The summed E-state index contributed by atoms with van der Waals surface area (Å²) >= 11 is 0. The van der Waals surface area contributed by atoms with E-state index in [1.807, 2.05) is 0 Å². The maximum Gasteiger partial charge on any atom is 0.416 e. The number of aromatic nitrogens is 4. The number of nitrogens with zero attached hydrogens (tertiary/aromatic N) is 4. The van der Waals surface area contributed by atoms with E-state index in [0.29, 0.717) is 23.6 Å². The third-order valence-electron chi connectivity index (χ3n) is 3.99. The van der Waals surface area contributed by atoms with Crippen LogP contribution in [0.1, 0.15) is 29.3 Å². The third-order valence-corrected chi connectivity index (χ3v) is 3.99. The van der Waals surface area contributed by atoms with Crippen molar-refractivity contribution in [2.24, 2.45) is 0 Å². The van der Waals surface area contributed by atoms with Gasteiger partial charge in [-0.2, -0.15) is 13.2 Å². The Morgan fingerprint density at radius 3 is 2.48 bits per heavy atom. The Balaban J connectivity index is 1.77. The highest BCUT2D eigenvalue weighted by molar-refractivity contribution is 5.37. The predicted molar refractivity (Wildman–Crippen MR) is 90.2 cm³/mol. The molecule has 1 aromatic carbocycles. The van der Waals surface area contributed by atoms with Crippen LogP contribution in [0.4, 0.5) is 13.2 Å². The molecule has 0 unspecified atom stereocenters. The maximum atomic E-state index is 13.3.